The fourth-order valence-corrected chi connectivity index (χ4v) is 2.15. The van der Waals surface area contributed by atoms with Gasteiger partial charge in [-0.05, 0) is 24.6 Å². The highest BCUT2D eigenvalue weighted by atomic mass is 32.2. The molecule has 0 fully saturated rings. The third-order valence-corrected chi connectivity index (χ3v) is 3.22. The number of anilines is 1. The Hall–Kier alpha value is -1.24. The van der Waals surface area contributed by atoms with Gasteiger partial charge in [0, 0.05) is 16.3 Å². The van der Waals surface area contributed by atoms with E-state index in [0.717, 1.165) is 16.1 Å². The zero-order valence-electron chi connectivity index (χ0n) is 9.03. The van der Waals surface area contributed by atoms with E-state index >= 15 is 0 Å². The second-order valence-electron chi connectivity index (χ2n) is 3.16. The number of carbonyl (C=O) groups excluding carboxylic acids is 1. The summed E-state index contributed by atoms with van der Waals surface area (Å²) in [6.07, 6.45) is 0.295. The monoisotopic (exact) mass is 241 g/mol. The van der Waals surface area contributed by atoms with Crippen LogP contribution in [0.5, 0.6) is 0 Å². The first-order valence-electron chi connectivity index (χ1n) is 4.78. The minimum atomic E-state index is -0.378. The van der Waals surface area contributed by atoms with Gasteiger partial charge in [0.1, 0.15) is 0 Å². The van der Waals surface area contributed by atoms with Crippen LogP contribution in [0.4, 0.5) is 5.69 Å². The van der Waals surface area contributed by atoms with Gasteiger partial charge in [0.05, 0.1) is 6.42 Å². The summed E-state index contributed by atoms with van der Waals surface area (Å²) in [6.45, 7) is 1.96. The minimum Gasteiger partial charge on any atom is -0.398 e. The Morgan fingerprint density at radius 3 is 3.00 bits per heavy atom. The Bertz CT molecular complexity index is 371. The second-order valence-corrected chi connectivity index (χ2v) is 4.30. The maximum Gasteiger partial charge on any atom is 0.327 e. The SMILES string of the molecule is Cc1c(N)cccc1SCCC(=O)ONN. The molecule has 0 radical (unpaired) electrons. The molecule has 5 N–H and O–H groups in total. The average molecular weight is 241 g/mol. The van der Waals surface area contributed by atoms with Crippen LogP contribution >= 0.6 is 11.8 Å². The van der Waals surface area contributed by atoms with Gasteiger partial charge in [0.15, 0.2) is 0 Å². The van der Waals surface area contributed by atoms with Crippen molar-refractivity contribution in [2.45, 2.75) is 18.2 Å². The van der Waals surface area contributed by atoms with E-state index in [2.05, 4.69) is 4.84 Å². The van der Waals surface area contributed by atoms with Gasteiger partial charge in [-0.3, -0.25) is 4.79 Å². The van der Waals surface area contributed by atoms with Crippen LogP contribution in [0.15, 0.2) is 23.1 Å². The Balaban J connectivity index is 2.43. The topological polar surface area (TPSA) is 90.4 Å². The molecule has 6 heteroatoms. The van der Waals surface area contributed by atoms with Crippen LogP contribution < -0.4 is 17.2 Å². The van der Waals surface area contributed by atoms with Gasteiger partial charge < -0.3 is 10.6 Å². The molecule has 0 amide bonds. The lowest BCUT2D eigenvalue weighted by Gasteiger charge is -2.07. The van der Waals surface area contributed by atoms with E-state index in [4.69, 9.17) is 11.6 Å². The van der Waals surface area contributed by atoms with Crippen molar-refractivity contribution in [2.24, 2.45) is 5.84 Å². The summed E-state index contributed by atoms with van der Waals surface area (Å²) >= 11 is 1.57. The molecule has 1 aromatic rings. The molecule has 0 saturated heterocycles. The summed E-state index contributed by atoms with van der Waals surface area (Å²) in [5.74, 6) is 5.09. The van der Waals surface area contributed by atoms with Crippen molar-refractivity contribution in [1.82, 2.24) is 5.59 Å². The number of benzene rings is 1. The minimum absolute atomic E-state index is 0.295. The first kappa shape index (κ1) is 12.8. The van der Waals surface area contributed by atoms with Crippen molar-refractivity contribution in [3.8, 4) is 0 Å². The number of carbonyl (C=O) groups is 1. The normalized spacial score (nSPS) is 10.1. The van der Waals surface area contributed by atoms with Gasteiger partial charge in [0.2, 0.25) is 0 Å². The Morgan fingerprint density at radius 1 is 1.56 bits per heavy atom. The molecule has 1 aromatic carbocycles. The third-order valence-electron chi connectivity index (χ3n) is 2.06. The number of nitrogens with one attached hydrogen (secondary N) is 1. The molecule has 88 valence electrons. The average Bonchev–Trinajstić information content (AvgIpc) is 2.25. The van der Waals surface area contributed by atoms with E-state index in [1.165, 1.54) is 0 Å². The number of nitrogens with two attached hydrogens (primary N) is 2. The van der Waals surface area contributed by atoms with Crippen molar-refractivity contribution in [3.05, 3.63) is 23.8 Å². The van der Waals surface area contributed by atoms with Crippen LogP contribution in [0, 0.1) is 6.92 Å². The highest BCUT2D eigenvalue weighted by molar-refractivity contribution is 7.99. The molecular weight excluding hydrogens is 226 g/mol. The lowest BCUT2D eigenvalue weighted by atomic mass is 10.2. The molecule has 0 atom stereocenters. The lowest BCUT2D eigenvalue weighted by Crippen LogP contribution is -2.26. The Kier molecular flexibility index (Phi) is 5.10. The summed E-state index contributed by atoms with van der Waals surface area (Å²) < 4.78 is 0. The maximum atomic E-state index is 11.0. The summed E-state index contributed by atoms with van der Waals surface area (Å²) in [7, 11) is 0. The fraction of sp³-hybridized carbons (Fsp3) is 0.300. The quantitative estimate of drug-likeness (QED) is 0.308. The van der Waals surface area contributed by atoms with Gasteiger partial charge in [-0.25, -0.2) is 5.84 Å². The van der Waals surface area contributed by atoms with Crippen molar-refractivity contribution < 1.29 is 9.63 Å². The number of hydrogen-bond acceptors (Lipinski definition) is 6. The zero-order chi connectivity index (χ0) is 12.0. The summed E-state index contributed by atoms with van der Waals surface area (Å²) in [5, 5.41) is 0. The summed E-state index contributed by atoms with van der Waals surface area (Å²) in [5.41, 5.74) is 9.43. The number of hydrogen-bond donors (Lipinski definition) is 3. The molecule has 0 spiro atoms. The van der Waals surface area contributed by atoms with E-state index in [-0.39, 0.29) is 5.97 Å². The van der Waals surface area contributed by atoms with Crippen LogP contribution in [0.2, 0.25) is 0 Å². The van der Waals surface area contributed by atoms with Crippen LogP contribution in [0.3, 0.4) is 0 Å². The highest BCUT2D eigenvalue weighted by Gasteiger charge is 2.05. The molecular formula is C10H15N3O2S. The Labute approximate surface area is 98.4 Å². The van der Waals surface area contributed by atoms with Crippen LogP contribution in [-0.2, 0) is 9.63 Å². The first-order valence-corrected chi connectivity index (χ1v) is 5.77. The van der Waals surface area contributed by atoms with Crippen LogP contribution in [0.1, 0.15) is 12.0 Å². The number of thioether (sulfide) groups is 1. The first-order chi connectivity index (χ1) is 7.65. The molecule has 1 rings (SSSR count). The van der Waals surface area contributed by atoms with E-state index in [0.29, 0.717) is 12.2 Å². The molecule has 0 aliphatic heterocycles. The molecule has 0 bridgehead atoms. The molecule has 0 heterocycles. The van der Waals surface area contributed by atoms with Gasteiger partial charge in [-0.2, -0.15) is 0 Å². The van der Waals surface area contributed by atoms with E-state index < -0.39 is 0 Å². The number of rotatable bonds is 5. The highest BCUT2D eigenvalue weighted by Crippen LogP contribution is 2.26. The lowest BCUT2D eigenvalue weighted by molar-refractivity contribution is -0.150. The standard InChI is InChI=1S/C10H15N3O2S/c1-7-8(11)3-2-4-9(7)16-6-5-10(14)15-13-12/h2-4,13H,5-6,11-12H2,1H3. The van der Waals surface area contributed by atoms with Gasteiger partial charge in [0.25, 0.3) is 0 Å². The molecule has 0 unspecified atom stereocenters. The van der Waals surface area contributed by atoms with Crippen LogP contribution in [-0.4, -0.2) is 11.7 Å². The predicted molar refractivity (Wildman–Crippen MR) is 64.3 cm³/mol. The van der Waals surface area contributed by atoms with Crippen molar-refractivity contribution in [3.63, 3.8) is 0 Å². The Morgan fingerprint density at radius 2 is 2.31 bits per heavy atom. The van der Waals surface area contributed by atoms with E-state index in [1.807, 2.05) is 30.7 Å². The number of hydrazine groups is 1. The maximum absolute atomic E-state index is 11.0. The smallest absolute Gasteiger partial charge is 0.327 e. The second kappa shape index (κ2) is 6.37. The third kappa shape index (κ3) is 3.73. The largest absolute Gasteiger partial charge is 0.398 e. The number of nitrogen functional groups attached to an aromatic ring is 1. The van der Waals surface area contributed by atoms with Gasteiger partial charge in [-0.1, -0.05) is 11.7 Å². The van der Waals surface area contributed by atoms with Crippen LogP contribution in [0.25, 0.3) is 0 Å². The molecule has 0 aliphatic carbocycles. The predicted octanol–water partition coefficient (Wildman–Crippen LogP) is 0.981. The fourth-order valence-electron chi connectivity index (χ4n) is 1.15. The van der Waals surface area contributed by atoms with E-state index in [9.17, 15) is 4.79 Å². The van der Waals surface area contributed by atoms with Gasteiger partial charge >= 0.3 is 5.97 Å². The van der Waals surface area contributed by atoms with Crippen molar-refractivity contribution >= 4 is 23.4 Å². The molecule has 5 nitrogen and oxygen atoms in total. The van der Waals surface area contributed by atoms with E-state index in [1.54, 1.807) is 11.8 Å². The summed E-state index contributed by atoms with van der Waals surface area (Å²) in [4.78, 5) is 16.4. The van der Waals surface area contributed by atoms with Crippen molar-refractivity contribution in [1.29, 1.82) is 0 Å². The molecule has 0 aliphatic rings. The molecule has 0 saturated carbocycles. The zero-order valence-corrected chi connectivity index (χ0v) is 9.84. The molecule has 16 heavy (non-hydrogen) atoms. The molecule has 0 aromatic heterocycles. The van der Waals surface area contributed by atoms with Gasteiger partial charge in [-0.15, -0.1) is 11.8 Å². The summed E-state index contributed by atoms with van der Waals surface area (Å²) in [6, 6.07) is 5.72. The van der Waals surface area contributed by atoms with Crippen molar-refractivity contribution in [2.75, 3.05) is 11.5 Å².